The fourth-order valence-corrected chi connectivity index (χ4v) is 2.15. The lowest BCUT2D eigenvalue weighted by Gasteiger charge is -2.23. The second-order valence-electron chi connectivity index (χ2n) is 5.64. The summed E-state index contributed by atoms with van der Waals surface area (Å²) in [6.45, 7) is 2.86. The summed E-state index contributed by atoms with van der Waals surface area (Å²) in [7, 11) is 0. The van der Waals surface area contributed by atoms with Gasteiger partial charge < -0.3 is 10.6 Å². The van der Waals surface area contributed by atoms with Crippen LogP contribution in [0.25, 0.3) is 0 Å². The minimum absolute atomic E-state index is 0.00385. The van der Waals surface area contributed by atoms with Gasteiger partial charge in [0.05, 0.1) is 16.4 Å². The van der Waals surface area contributed by atoms with Gasteiger partial charge in [0.2, 0.25) is 11.8 Å². The number of rotatable bonds is 4. The van der Waals surface area contributed by atoms with Crippen molar-refractivity contribution in [1.82, 2.24) is 0 Å². The topological polar surface area (TPSA) is 58.2 Å². The van der Waals surface area contributed by atoms with Gasteiger partial charge in [-0.1, -0.05) is 35.3 Å². The third-order valence-electron chi connectivity index (χ3n) is 3.43. The number of hydrogen-bond acceptors (Lipinski definition) is 2. The molecule has 0 aliphatic heterocycles. The monoisotopic (exact) mass is 368 g/mol. The Balaban J connectivity index is 2.16. The molecule has 0 saturated carbocycles. The van der Waals surface area contributed by atoms with Crippen LogP contribution in [0.4, 0.5) is 15.8 Å². The molecule has 0 aliphatic rings. The molecule has 0 aliphatic carbocycles. The van der Waals surface area contributed by atoms with Gasteiger partial charge in [-0.2, -0.15) is 0 Å². The van der Waals surface area contributed by atoms with Crippen molar-refractivity contribution in [2.75, 3.05) is 10.6 Å². The molecule has 0 bridgehead atoms. The van der Waals surface area contributed by atoms with Crippen molar-refractivity contribution >= 4 is 46.4 Å². The number of halogens is 3. The van der Waals surface area contributed by atoms with E-state index in [1.807, 2.05) is 0 Å². The highest BCUT2D eigenvalue weighted by Gasteiger charge is 2.36. The van der Waals surface area contributed by atoms with E-state index < -0.39 is 23.0 Å². The van der Waals surface area contributed by atoms with Crippen LogP contribution in [-0.2, 0) is 9.59 Å². The van der Waals surface area contributed by atoms with Gasteiger partial charge in [-0.3, -0.25) is 9.59 Å². The third-order valence-corrected chi connectivity index (χ3v) is 4.00. The fourth-order valence-electron chi connectivity index (χ4n) is 1.82. The zero-order valence-corrected chi connectivity index (χ0v) is 14.5. The van der Waals surface area contributed by atoms with Gasteiger partial charge in [0, 0.05) is 5.02 Å². The minimum Gasteiger partial charge on any atom is -0.324 e. The van der Waals surface area contributed by atoms with Crippen LogP contribution in [0.2, 0.25) is 10.0 Å². The van der Waals surface area contributed by atoms with E-state index in [4.69, 9.17) is 23.2 Å². The van der Waals surface area contributed by atoms with Crippen LogP contribution in [0.1, 0.15) is 13.8 Å². The lowest BCUT2D eigenvalue weighted by atomic mass is 9.90. The molecule has 0 saturated heterocycles. The molecule has 126 valence electrons. The van der Waals surface area contributed by atoms with E-state index in [1.165, 1.54) is 44.2 Å². The second kappa shape index (κ2) is 7.20. The Hall–Kier alpha value is -2.11. The molecule has 0 spiro atoms. The first-order chi connectivity index (χ1) is 11.2. The zero-order chi connectivity index (χ0) is 17.9. The standard InChI is InChI=1S/C17H15Cl2FN2O2/c1-17(2,15(23)21-13-6-4-3-5-12(13)20)16(24)22-14-9-10(18)7-8-11(14)19/h3-9H,1-2H3,(H,21,23)(H,22,24). The van der Waals surface area contributed by atoms with Crippen LogP contribution >= 0.6 is 23.2 Å². The molecule has 2 amide bonds. The highest BCUT2D eigenvalue weighted by atomic mass is 35.5. The molecule has 0 fully saturated rings. The molecule has 2 aromatic rings. The summed E-state index contributed by atoms with van der Waals surface area (Å²) in [5.41, 5.74) is -1.17. The molecule has 2 rings (SSSR count). The Morgan fingerprint density at radius 2 is 1.54 bits per heavy atom. The first kappa shape index (κ1) is 18.2. The highest BCUT2D eigenvalue weighted by molar-refractivity contribution is 6.36. The van der Waals surface area contributed by atoms with Crippen LogP contribution in [-0.4, -0.2) is 11.8 Å². The van der Waals surface area contributed by atoms with Gasteiger partial charge in [0.15, 0.2) is 0 Å². The summed E-state index contributed by atoms with van der Waals surface area (Å²) in [5.74, 6) is -1.83. The molecule has 4 nitrogen and oxygen atoms in total. The molecule has 2 aromatic carbocycles. The number of nitrogens with one attached hydrogen (secondary N) is 2. The lowest BCUT2D eigenvalue weighted by Crippen LogP contribution is -2.41. The Kier molecular flexibility index (Phi) is 5.47. The fraction of sp³-hybridized carbons (Fsp3) is 0.176. The smallest absolute Gasteiger partial charge is 0.239 e. The molecule has 0 radical (unpaired) electrons. The summed E-state index contributed by atoms with van der Waals surface area (Å²) in [4.78, 5) is 24.8. The second-order valence-corrected chi connectivity index (χ2v) is 6.48. The maximum absolute atomic E-state index is 13.6. The maximum Gasteiger partial charge on any atom is 0.239 e. The molecule has 24 heavy (non-hydrogen) atoms. The van der Waals surface area contributed by atoms with Crippen molar-refractivity contribution in [3.8, 4) is 0 Å². The van der Waals surface area contributed by atoms with Crippen molar-refractivity contribution < 1.29 is 14.0 Å². The Labute approximate surface area is 149 Å². The largest absolute Gasteiger partial charge is 0.324 e. The highest BCUT2D eigenvalue weighted by Crippen LogP contribution is 2.28. The number of anilines is 2. The lowest BCUT2D eigenvalue weighted by molar-refractivity contribution is -0.135. The molecular formula is C17H15Cl2FN2O2. The zero-order valence-electron chi connectivity index (χ0n) is 13.0. The maximum atomic E-state index is 13.6. The van der Waals surface area contributed by atoms with Crippen LogP contribution in [0, 0.1) is 11.2 Å². The molecular weight excluding hydrogens is 354 g/mol. The van der Waals surface area contributed by atoms with Crippen molar-refractivity contribution in [2.24, 2.45) is 5.41 Å². The summed E-state index contributed by atoms with van der Waals surface area (Å²) in [6.07, 6.45) is 0. The molecule has 0 unspecified atom stereocenters. The quantitative estimate of drug-likeness (QED) is 0.765. The predicted molar refractivity (Wildman–Crippen MR) is 93.9 cm³/mol. The van der Waals surface area contributed by atoms with Crippen LogP contribution in [0.5, 0.6) is 0 Å². The number of carbonyl (C=O) groups excluding carboxylic acids is 2. The average molecular weight is 369 g/mol. The number of para-hydroxylation sites is 1. The predicted octanol–water partition coefficient (Wildman–Crippen LogP) is 4.74. The van der Waals surface area contributed by atoms with E-state index in [-0.39, 0.29) is 10.7 Å². The van der Waals surface area contributed by atoms with Crippen LogP contribution < -0.4 is 10.6 Å². The van der Waals surface area contributed by atoms with E-state index >= 15 is 0 Å². The molecule has 0 aromatic heterocycles. The summed E-state index contributed by atoms with van der Waals surface area (Å²) in [6, 6.07) is 10.3. The average Bonchev–Trinajstić information content (AvgIpc) is 2.53. The van der Waals surface area contributed by atoms with Crippen LogP contribution in [0.3, 0.4) is 0 Å². The number of amides is 2. The SMILES string of the molecule is CC(C)(C(=O)Nc1ccccc1F)C(=O)Nc1cc(Cl)ccc1Cl. The van der Waals surface area contributed by atoms with E-state index in [1.54, 1.807) is 12.1 Å². The molecule has 2 N–H and O–H groups in total. The van der Waals surface area contributed by atoms with E-state index in [0.717, 1.165) is 0 Å². The molecule has 7 heteroatoms. The van der Waals surface area contributed by atoms with E-state index in [0.29, 0.717) is 10.7 Å². The van der Waals surface area contributed by atoms with E-state index in [2.05, 4.69) is 10.6 Å². The van der Waals surface area contributed by atoms with Gasteiger partial charge in [0.25, 0.3) is 0 Å². The summed E-state index contributed by atoms with van der Waals surface area (Å²) in [5, 5.41) is 5.65. The molecule has 0 heterocycles. The molecule has 0 atom stereocenters. The Morgan fingerprint density at radius 3 is 2.17 bits per heavy atom. The van der Waals surface area contributed by atoms with Crippen molar-refractivity contribution in [1.29, 1.82) is 0 Å². The van der Waals surface area contributed by atoms with Crippen LogP contribution in [0.15, 0.2) is 42.5 Å². The summed E-state index contributed by atoms with van der Waals surface area (Å²) >= 11 is 11.9. The number of hydrogen-bond donors (Lipinski definition) is 2. The number of benzene rings is 2. The minimum atomic E-state index is -1.46. The van der Waals surface area contributed by atoms with Gasteiger partial charge >= 0.3 is 0 Å². The van der Waals surface area contributed by atoms with Gasteiger partial charge in [-0.25, -0.2) is 4.39 Å². The van der Waals surface area contributed by atoms with Crippen molar-refractivity contribution in [3.05, 3.63) is 58.3 Å². The van der Waals surface area contributed by atoms with E-state index in [9.17, 15) is 14.0 Å². The normalized spacial score (nSPS) is 11.0. The first-order valence-corrected chi connectivity index (χ1v) is 7.80. The van der Waals surface area contributed by atoms with Crippen molar-refractivity contribution in [3.63, 3.8) is 0 Å². The van der Waals surface area contributed by atoms with Gasteiger partial charge in [0.1, 0.15) is 11.2 Å². The third kappa shape index (κ3) is 4.04. The Morgan fingerprint density at radius 1 is 0.958 bits per heavy atom. The Bertz CT molecular complexity index is 794. The van der Waals surface area contributed by atoms with Crippen molar-refractivity contribution in [2.45, 2.75) is 13.8 Å². The van der Waals surface area contributed by atoms with Gasteiger partial charge in [-0.05, 0) is 44.2 Å². The number of carbonyl (C=O) groups is 2. The van der Waals surface area contributed by atoms with Gasteiger partial charge in [-0.15, -0.1) is 0 Å². The first-order valence-electron chi connectivity index (χ1n) is 7.04. The summed E-state index contributed by atoms with van der Waals surface area (Å²) < 4.78 is 13.6.